The Morgan fingerprint density at radius 2 is 1.58 bits per heavy atom. The molecule has 10 heteroatoms. The van der Waals surface area contributed by atoms with Crippen LogP contribution in [0.1, 0.15) is 27.2 Å². The summed E-state index contributed by atoms with van der Waals surface area (Å²) >= 11 is 0. The zero-order valence-electron chi connectivity index (χ0n) is 23.0. The predicted octanol–water partition coefficient (Wildman–Crippen LogP) is 6.47. The van der Waals surface area contributed by atoms with Gasteiger partial charge >= 0.3 is 12.1 Å². The molecule has 0 spiro atoms. The Labute approximate surface area is 246 Å². The van der Waals surface area contributed by atoms with Gasteiger partial charge in [0.15, 0.2) is 0 Å². The van der Waals surface area contributed by atoms with Gasteiger partial charge in [0.25, 0.3) is 5.91 Å². The highest BCUT2D eigenvalue weighted by Crippen LogP contribution is 2.31. The number of anilines is 1. The highest BCUT2D eigenvalue weighted by atomic mass is 19.4. The van der Waals surface area contributed by atoms with E-state index in [2.05, 4.69) is 80.4 Å². The molecule has 2 N–H and O–H groups in total. The molecule has 0 saturated carbocycles. The maximum atomic E-state index is 14.3. The summed E-state index contributed by atoms with van der Waals surface area (Å²) in [5.41, 5.74) is 5.35. The van der Waals surface area contributed by atoms with Crippen molar-refractivity contribution >= 4 is 28.3 Å². The van der Waals surface area contributed by atoms with Crippen LogP contribution in [-0.4, -0.2) is 50.6 Å². The van der Waals surface area contributed by atoms with Gasteiger partial charge < -0.3 is 19.9 Å². The summed E-state index contributed by atoms with van der Waals surface area (Å²) in [7, 11) is 0. The standard InChI is InChI=1S/C31H28N4O.C2HF3O2/c36-31(29-15-8-13-24-11-4-6-14-28(24)29)35-19-25-12-5-7-16-30(25)34(20-26-18-32-22-33-26)21-27(35)17-23-9-2-1-3-10-23;3-2(4,5)1(6)7/h1-16,18,22,27H,17,19-21H2,(H,32,33);(H,6,7)/t27-;/m0./s1. The number of carbonyl (C=O) groups is 2. The molecule has 0 saturated heterocycles. The molecule has 1 aliphatic heterocycles. The molecule has 1 aliphatic rings. The van der Waals surface area contributed by atoms with Gasteiger partial charge in [0, 0.05) is 30.5 Å². The van der Waals surface area contributed by atoms with Crippen molar-refractivity contribution in [2.24, 2.45) is 0 Å². The fourth-order valence-corrected chi connectivity index (χ4v) is 5.31. The Morgan fingerprint density at radius 1 is 0.907 bits per heavy atom. The smallest absolute Gasteiger partial charge is 0.475 e. The number of hydrogen-bond acceptors (Lipinski definition) is 4. The molecule has 4 aromatic carbocycles. The van der Waals surface area contributed by atoms with E-state index in [4.69, 9.17) is 9.90 Å². The Kier molecular flexibility index (Phi) is 8.75. The molecule has 1 atom stereocenters. The second kappa shape index (κ2) is 12.8. The molecule has 0 unspecified atom stereocenters. The highest BCUT2D eigenvalue weighted by Gasteiger charge is 2.38. The number of nitrogens with zero attached hydrogens (tertiary/aromatic N) is 3. The SMILES string of the molecule is O=C(O)C(F)(F)F.O=C(c1cccc2ccccc12)N1Cc2ccccc2N(Cc2cnc[nH]2)C[C@@H]1Cc1ccccc1. The van der Waals surface area contributed by atoms with E-state index in [1.807, 2.05) is 42.6 Å². The van der Waals surface area contributed by atoms with Crippen LogP contribution in [0.5, 0.6) is 0 Å². The first-order valence-corrected chi connectivity index (χ1v) is 13.6. The summed E-state index contributed by atoms with van der Waals surface area (Å²) in [5.74, 6) is -2.68. The highest BCUT2D eigenvalue weighted by molar-refractivity contribution is 6.07. The van der Waals surface area contributed by atoms with Crippen molar-refractivity contribution in [3.63, 3.8) is 0 Å². The van der Waals surface area contributed by atoms with Crippen molar-refractivity contribution in [2.75, 3.05) is 11.4 Å². The van der Waals surface area contributed by atoms with Crippen LogP contribution in [0.15, 0.2) is 110 Å². The number of carbonyl (C=O) groups excluding carboxylic acids is 1. The van der Waals surface area contributed by atoms with Crippen molar-refractivity contribution in [1.29, 1.82) is 0 Å². The molecule has 0 aliphatic carbocycles. The lowest BCUT2D eigenvalue weighted by atomic mass is 10.00. The number of benzene rings is 4. The van der Waals surface area contributed by atoms with E-state index in [1.165, 1.54) is 11.3 Å². The largest absolute Gasteiger partial charge is 0.490 e. The van der Waals surface area contributed by atoms with Gasteiger partial charge in [-0.15, -0.1) is 0 Å². The second-order valence-electron chi connectivity index (χ2n) is 10.2. The van der Waals surface area contributed by atoms with E-state index in [9.17, 15) is 18.0 Å². The van der Waals surface area contributed by atoms with E-state index in [0.29, 0.717) is 13.1 Å². The van der Waals surface area contributed by atoms with Crippen LogP contribution >= 0.6 is 0 Å². The zero-order chi connectivity index (χ0) is 30.4. The zero-order valence-corrected chi connectivity index (χ0v) is 23.0. The fraction of sp³-hybridized carbons (Fsp3) is 0.182. The van der Waals surface area contributed by atoms with Crippen LogP contribution in [0.4, 0.5) is 18.9 Å². The van der Waals surface area contributed by atoms with Crippen molar-refractivity contribution in [1.82, 2.24) is 14.9 Å². The molecular formula is C33H29F3N4O3. The molecule has 1 amide bonds. The van der Waals surface area contributed by atoms with E-state index < -0.39 is 12.1 Å². The number of halogens is 3. The normalized spacial score (nSPS) is 14.8. The second-order valence-corrected chi connectivity index (χ2v) is 10.2. The quantitative estimate of drug-likeness (QED) is 0.247. The van der Waals surface area contributed by atoms with E-state index in [-0.39, 0.29) is 11.9 Å². The molecule has 0 radical (unpaired) electrons. The van der Waals surface area contributed by atoms with Gasteiger partial charge in [-0.1, -0.05) is 84.9 Å². The van der Waals surface area contributed by atoms with Crippen LogP contribution in [0.25, 0.3) is 10.8 Å². The third kappa shape index (κ3) is 7.03. The van der Waals surface area contributed by atoms with E-state index in [1.54, 1.807) is 6.33 Å². The van der Waals surface area contributed by atoms with Crippen LogP contribution < -0.4 is 4.90 Å². The molecule has 5 aromatic rings. The molecule has 220 valence electrons. The number of alkyl halides is 3. The van der Waals surface area contributed by atoms with E-state index >= 15 is 0 Å². The number of aliphatic carboxylic acids is 1. The van der Waals surface area contributed by atoms with Gasteiger partial charge in [-0.2, -0.15) is 13.2 Å². The van der Waals surface area contributed by atoms with Crippen LogP contribution in [0, 0.1) is 0 Å². The fourth-order valence-electron chi connectivity index (χ4n) is 5.31. The molecule has 0 fully saturated rings. The number of rotatable bonds is 5. The first kappa shape index (κ1) is 29.4. The molecule has 43 heavy (non-hydrogen) atoms. The minimum Gasteiger partial charge on any atom is -0.475 e. The van der Waals surface area contributed by atoms with Crippen LogP contribution in [-0.2, 0) is 24.3 Å². The minimum absolute atomic E-state index is 0.00538. The summed E-state index contributed by atoms with van der Waals surface area (Å²) in [6.45, 7) is 2.00. The van der Waals surface area contributed by atoms with Crippen LogP contribution in [0.2, 0.25) is 0 Å². The molecule has 6 rings (SSSR count). The number of para-hydroxylation sites is 1. The number of carboxylic acids is 1. The van der Waals surface area contributed by atoms with Gasteiger partial charge in [-0.25, -0.2) is 9.78 Å². The Balaban J connectivity index is 0.000000472. The maximum Gasteiger partial charge on any atom is 0.490 e. The first-order valence-electron chi connectivity index (χ1n) is 13.6. The average molecular weight is 587 g/mol. The Bertz CT molecular complexity index is 1690. The number of aromatic amines is 1. The van der Waals surface area contributed by atoms with Crippen molar-refractivity contribution < 1.29 is 27.9 Å². The number of imidazole rings is 1. The number of hydrogen-bond donors (Lipinski definition) is 2. The minimum atomic E-state index is -5.08. The molecule has 7 nitrogen and oxygen atoms in total. The summed E-state index contributed by atoms with van der Waals surface area (Å²) < 4.78 is 31.7. The monoisotopic (exact) mass is 586 g/mol. The van der Waals surface area contributed by atoms with Gasteiger partial charge in [-0.05, 0) is 40.5 Å². The summed E-state index contributed by atoms with van der Waals surface area (Å²) in [6, 6.07) is 33.1. The van der Waals surface area contributed by atoms with Gasteiger partial charge in [0.2, 0.25) is 0 Å². The molecule has 2 heterocycles. The lowest BCUT2D eigenvalue weighted by Crippen LogP contribution is -2.45. The van der Waals surface area contributed by atoms with Crippen molar-refractivity contribution in [3.8, 4) is 0 Å². The number of carboxylic acid groups (broad SMARTS) is 1. The summed E-state index contributed by atoms with van der Waals surface area (Å²) in [5, 5.41) is 9.20. The Hall–Kier alpha value is -5.12. The summed E-state index contributed by atoms with van der Waals surface area (Å²) in [4.78, 5) is 35.1. The Morgan fingerprint density at radius 3 is 2.30 bits per heavy atom. The van der Waals surface area contributed by atoms with Gasteiger partial charge in [0.05, 0.1) is 24.6 Å². The predicted molar refractivity (Wildman–Crippen MR) is 158 cm³/mol. The van der Waals surface area contributed by atoms with Crippen LogP contribution in [0.3, 0.4) is 0 Å². The van der Waals surface area contributed by atoms with Crippen molar-refractivity contribution in [3.05, 3.63) is 132 Å². The molecular weight excluding hydrogens is 557 g/mol. The number of fused-ring (bicyclic) bond motifs is 2. The lowest BCUT2D eigenvalue weighted by Gasteiger charge is -2.33. The number of amides is 1. The molecule has 1 aromatic heterocycles. The summed E-state index contributed by atoms with van der Waals surface area (Å²) in [6.07, 6.45) is -0.708. The van der Waals surface area contributed by atoms with Gasteiger partial charge in [-0.3, -0.25) is 4.79 Å². The molecule has 0 bridgehead atoms. The third-order valence-electron chi connectivity index (χ3n) is 7.30. The van der Waals surface area contributed by atoms with E-state index in [0.717, 1.165) is 40.6 Å². The average Bonchev–Trinajstić information content (AvgIpc) is 3.47. The number of nitrogens with one attached hydrogen (secondary N) is 1. The van der Waals surface area contributed by atoms with Crippen molar-refractivity contribution in [2.45, 2.75) is 31.7 Å². The number of aromatic nitrogens is 2. The number of H-pyrrole nitrogens is 1. The first-order chi connectivity index (χ1) is 20.7. The third-order valence-corrected chi connectivity index (χ3v) is 7.30. The van der Waals surface area contributed by atoms with Gasteiger partial charge in [0.1, 0.15) is 0 Å². The maximum absolute atomic E-state index is 14.3. The lowest BCUT2D eigenvalue weighted by molar-refractivity contribution is -0.192. The topological polar surface area (TPSA) is 89.5 Å².